The molecule has 3 atom stereocenters. The summed E-state index contributed by atoms with van der Waals surface area (Å²) in [6.07, 6.45) is 4.73. The highest BCUT2D eigenvalue weighted by Crippen LogP contribution is 2.37. The largest absolute Gasteiger partial charge is 0.481 e. The van der Waals surface area contributed by atoms with E-state index < -0.39 is 5.97 Å². The number of hydrogen-bond donors (Lipinski definition) is 2. The average molecular weight is 212 g/mol. The number of carbonyl (C=O) groups is 1. The summed E-state index contributed by atoms with van der Waals surface area (Å²) >= 11 is 0. The maximum absolute atomic E-state index is 10.7. The SMILES string of the molecule is CC(CC(=O)O)N1C2CCC1CC(N)C2. The van der Waals surface area contributed by atoms with E-state index in [0.717, 1.165) is 12.8 Å². The highest BCUT2D eigenvalue weighted by Gasteiger charge is 2.41. The quantitative estimate of drug-likeness (QED) is 0.726. The maximum atomic E-state index is 10.7. The molecule has 0 aliphatic carbocycles. The van der Waals surface area contributed by atoms with E-state index >= 15 is 0 Å². The second-order valence-electron chi connectivity index (χ2n) is 5.01. The third-order valence-electron chi connectivity index (χ3n) is 3.81. The first-order valence-corrected chi connectivity index (χ1v) is 5.82. The third kappa shape index (κ3) is 2.16. The van der Waals surface area contributed by atoms with Crippen LogP contribution in [0.2, 0.25) is 0 Å². The van der Waals surface area contributed by atoms with Gasteiger partial charge in [-0.05, 0) is 32.6 Å². The fraction of sp³-hybridized carbons (Fsp3) is 0.909. The Labute approximate surface area is 90.4 Å². The number of hydrogen-bond acceptors (Lipinski definition) is 3. The molecule has 15 heavy (non-hydrogen) atoms. The van der Waals surface area contributed by atoms with Crippen molar-refractivity contribution in [3.8, 4) is 0 Å². The van der Waals surface area contributed by atoms with Crippen molar-refractivity contribution in [3.63, 3.8) is 0 Å². The Hall–Kier alpha value is -0.610. The number of piperidine rings is 1. The van der Waals surface area contributed by atoms with Crippen LogP contribution in [-0.4, -0.2) is 40.1 Å². The molecule has 0 aromatic heterocycles. The zero-order valence-electron chi connectivity index (χ0n) is 9.22. The number of carboxylic acids is 1. The fourth-order valence-electron chi connectivity index (χ4n) is 3.33. The number of nitrogens with two attached hydrogens (primary N) is 1. The van der Waals surface area contributed by atoms with Crippen molar-refractivity contribution < 1.29 is 9.90 Å². The van der Waals surface area contributed by atoms with Crippen LogP contribution in [0.25, 0.3) is 0 Å². The van der Waals surface area contributed by atoms with Gasteiger partial charge < -0.3 is 10.8 Å². The number of rotatable bonds is 3. The lowest BCUT2D eigenvalue weighted by Gasteiger charge is -2.41. The Balaban J connectivity index is 2.01. The van der Waals surface area contributed by atoms with Crippen LogP contribution in [0.1, 0.15) is 39.0 Å². The first-order chi connectivity index (χ1) is 7.08. The molecule has 4 nitrogen and oxygen atoms in total. The van der Waals surface area contributed by atoms with Gasteiger partial charge in [-0.25, -0.2) is 0 Å². The van der Waals surface area contributed by atoms with E-state index in [1.54, 1.807) is 0 Å². The van der Waals surface area contributed by atoms with Crippen molar-refractivity contribution in [1.29, 1.82) is 0 Å². The van der Waals surface area contributed by atoms with Crippen LogP contribution in [0, 0.1) is 0 Å². The van der Waals surface area contributed by atoms with Crippen molar-refractivity contribution in [2.45, 2.75) is 63.2 Å². The van der Waals surface area contributed by atoms with Crippen LogP contribution in [-0.2, 0) is 4.79 Å². The second kappa shape index (κ2) is 4.10. The van der Waals surface area contributed by atoms with Gasteiger partial charge in [-0.2, -0.15) is 0 Å². The van der Waals surface area contributed by atoms with Crippen LogP contribution in [0.15, 0.2) is 0 Å². The Kier molecular flexibility index (Phi) is 2.98. The second-order valence-corrected chi connectivity index (χ2v) is 5.01. The van der Waals surface area contributed by atoms with Crippen molar-refractivity contribution in [1.82, 2.24) is 4.90 Å². The molecular weight excluding hydrogens is 192 g/mol. The lowest BCUT2D eigenvalue weighted by Crippen LogP contribution is -2.51. The van der Waals surface area contributed by atoms with Crippen molar-refractivity contribution in [3.05, 3.63) is 0 Å². The van der Waals surface area contributed by atoms with Gasteiger partial charge >= 0.3 is 5.97 Å². The topological polar surface area (TPSA) is 66.6 Å². The van der Waals surface area contributed by atoms with Gasteiger partial charge in [0.2, 0.25) is 0 Å². The molecule has 0 aromatic carbocycles. The maximum Gasteiger partial charge on any atom is 0.304 e. The summed E-state index contributed by atoms with van der Waals surface area (Å²) in [5.41, 5.74) is 5.98. The van der Waals surface area contributed by atoms with Gasteiger partial charge in [0.05, 0.1) is 6.42 Å². The van der Waals surface area contributed by atoms with E-state index in [1.807, 2.05) is 6.92 Å². The fourth-order valence-corrected chi connectivity index (χ4v) is 3.33. The predicted octanol–water partition coefficient (Wildman–Crippen LogP) is 0.804. The third-order valence-corrected chi connectivity index (χ3v) is 3.81. The first kappa shape index (κ1) is 10.9. The Morgan fingerprint density at radius 2 is 2.00 bits per heavy atom. The van der Waals surface area contributed by atoms with Crippen molar-refractivity contribution in [2.24, 2.45) is 5.73 Å². The first-order valence-electron chi connectivity index (χ1n) is 5.82. The standard InChI is InChI=1S/C11H20N2O2/c1-7(4-11(14)15)13-9-2-3-10(13)6-8(12)5-9/h7-10H,2-6,12H2,1H3,(H,14,15). The Bertz CT molecular complexity index is 243. The van der Waals surface area contributed by atoms with Gasteiger partial charge in [-0.3, -0.25) is 9.69 Å². The van der Waals surface area contributed by atoms with Gasteiger partial charge in [0.1, 0.15) is 0 Å². The van der Waals surface area contributed by atoms with E-state index in [0.29, 0.717) is 18.1 Å². The van der Waals surface area contributed by atoms with Gasteiger partial charge in [-0.15, -0.1) is 0 Å². The molecule has 2 fully saturated rings. The lowest BCUT2D eigenvalue weighted by molar-refractivity contribution is -0.138. The number of carboxylic acid groups (broad SMARTS) is 1. The molecule has 0 amide bonds. The van der Waals surface area contributed by atoms with E-state index in [1.165, 1.54) is 12.8 Å². The minimum atomic E-state index is -0.697. The molecular formula is C11H20N2O2. The molecule has 3 N–H and O–H groups in total. The number of nitrogens with zero attached hydrogens (tertiary/aromatic N) is 1. The van der Waals surface area contributed by atoms with E-state index in [4.69, 9.17) is 10.8 Å². The zero-order valence-corrected chi connectivity index (χ0v) is 9.22. The molecule has 0 saturated carbocycles. The van der Waals surface area contributed by atoms with E-state index in [9.17, 15) is 4.79 Å². The molecule has 2 saturated heterocycles. The lowest BCUT2D eigenvalue weighted by atomic mass is 9.96. The highest BCUT2D eigenvalue weighted by atomic mass is 16.4. The van der Waals surface area contributed by atoms with E-state index in [-0.39, 0.29) is 12.5 Å². The van der Waals surface area contributed by atoms with Crippen LogP contribution in [0.3, 0.4) is 0 Å². The summed E-state index contributed by atoms with van der Waals surface area (Å²) in [6, 6.07) is 1.56. The van der Waals surface area contributed by atoms with Gasteiger partial charge in [0.25, 0.3) is 0 Å². The van der Waals surface area contributed by atoms with Crippen molar-refractivity contribution >= 4 is 5.97 Å². The minimum absolute atomic E-state index is 0.160. The zero-order chi connectivity index (χ0) is 11.0. The number of fused-ring (bicyclic) bond motifs is 2. The summed E-state index contributed by atoms with van der Waals surface area (Å²) < 4.78 is 0. The molecule has 3 unspecified atom stereocenters. The van der Waals surface area contributed by atoms with Gasteiger partial charge in [0.15, 0.2) is 0 Å². The molecule has 2 rings (SSSR count). The smallest absolute Gasteiger partial charge is 0.304 e. The molecule has 2 bridgehead atoms. The summed E-state index contributed by atoms with van der Waals surface area (Å²) in [5, 5.41) is 8.81. The predicted molar refractivity (Wildman–Crippen MR) is 57.6 cm³/mol. The minimum Gasteiger partial charge on any atom is -0.481 e. The Morgan fingerprint density at radius 3 is 2.47 bits per heavy atom. The van der Waals surface area contributed by atoms with Crippen LogP contribution in [0.4, 0.5) is 0 Å². The molecule has 86 valence electrons. The summed E-state index contributed by atoms with van der Waals surface area (Å²) in [7, 11) is 0. The van der Waals surface area contributed by atoms with Crippen molar-refractivity contribution in [2.75, 3.05) is 0 Å². The molecule has 2 aliphatic heterocycles. The normalized spacial score (nSPS) is 37.9. The summed E-state index contributed by atoms with van der Waals surface area (Å²) in [6.45, 7) is 2.02. The average Bonchev–Trinajstić information content (AvgIpc) is 2.38. The van der Waals surface area contributed by atoms with Crippen LogP contribution in [0.5, 0.6) is 0 Å². The highest BCUT2D eigenvalue weighted by molar-refractivity contribution is 5.67. The summed E-state index contributed by atoms with van der Waals surface area (Å²) in [5.74, 6) is -0.697. The van der Waals surface area contributed by atoms with Crippen LogP contribution >= 0.6 is 0 Å². The van der Waals surface area contributed by atoms with E-state index in [2.05, 4.69) is 4.90 Å². The van der Waals surface area contributed by atoms with Gasteiger partial charge in [0, 0.05) is 24.2 Å². The molecule has 0 spiro atoms. The van der Waals surface area contributed by atoms with Crippen LogP contribution < -0.4 is 5.73 Å². The molecule has 2 aliphatic rings. The molecule has 4 heteroatoms. The molecule has 0 radical (unpaired) electrons. The van der Waals surface area contributed by atoms with Gasteiger partial charge in [-0.1, -0.05) is 0 Å². The summed E-state index contributed by atoms with van der Waals surface area (Å²) in [4.78, 5) is 13.1. The molecule has 2 heterocycles. The molecule has 0 aromatic rings. The monoisotopic (exact) mass is 212 g/mol. The Morgan fingerprint density at radius 1 is 1.47 bits per heavy atom. The number of aliphatic carboxylic acids is 1.